The van der Waals surface area contributed by atoms with Gasteiger partial charge in [0, 0.05) is 30.9 Å². The lowest BCUT2D eigenvalue weighted by atomic mass is 10.2. The molecule has 0 unspecified atom stereocenters. The molecule has 117 valence electrons. The second-order valence-electron chi connectivity index (χ2n) is 5.73. The van der Waals surface area contributed by atoms with Gasteiger partial charge < -0.3 is 9.64 Å². The Hall–Kier alpha value is -1.88. The fraction of sp³-hybridized carbons (Fsp3) is 0.471. The lowest BCUT2D eigenvalue weighted by Crippen LogP contribution is -2.28. The summed E-state index contributed by atoms with van der Waals surface area (Å²) in [5, 5.41) is 4.03. The maximum absolute atomic E-state index is 14.0. The predicted octanol–water partition coefficient (Wildman–Crippen LogP) is 3.06. The van der Waals surface area contributed by atoms with E-state index in [1.54, 1.807) is 29.2 Å². The zero-order valence-electron chi connectivity index (χ0n) is 12.8. The van der Waals surface area contributed by atoms with Gasteiger partial charge in [0.2, 0.25) is 0 Å². The average molecular weight is 302 g/mol. The zero-order chi connectivity index (χ0) is 15.4. The van der Waals surface area contributed by atoms with Crippen LogP contribution in [0.3, 0.4) is 0 Å². The molecule has 1 saturated heterocycles. The topological polar surface area (TPSA) is 30.3 Å². The van der Waals surface area contributed by atoms with Crippen molar-refractivity contribution in [2.45, 2.75) is 32.2 Å². The maximum atomic E-state index is 14.0. The highest BCUT2D eigenvalue weighted by Gasteiger charge is 2.19. The zero-order valence-corrected chi connectivity index (χ0v) is 12.8. The Balaban J connectivity index is 1.50. The Labute approximate surface area is 130 Å². The number of nitrogens with zero attached hydrogens (tertiary/aromatic N) is 3. The van der Waals surface area contributed by atoms with Crippen LogP contribution in [0.15, 0.2) is 30.6 Å². The summed E-state index contributed by atoms with van der Waals surface area (Å²) < 4.78 is 21.2. The van der Waals surface area contributed by atoms with Gasteiger partial charge in [0.25, 0.3) is 0 Å². The quantitative estimate of drug-likeness (QED) is 0.768. The fourth-order valence-electron chi connectivity index (χ4n) is 2.90. The molecule has 1 atom stereocenters. The van der Waals surface area contributed by atoms with Gasteiger partial charge in [-0.15, -0.1) is 0 Å². The molecule has 5 heteroatoms. The van der Waals surface area contributed by atoms with Crippen LogP contribution in [0.1, 0.15) is 26.2 Å². The van der Waals surface area contributed by atoms with E-state index in [2.05, 4.69) is 23.0 Å². The summed E-state index contributed by atoms with van der Waals surface area (Å²) in [5.41, 5.74) is 0.664. The first-order chi connectivity index (χ1) is 10.7. The van der Waals surface area contributed by atoms with E-state index < -0.39 is 0 Å². The van der Waals surface area contributed by atoms with Gasteiger partial charge in [0.15, 0.2) is 11.6 Å². The van der Waals surface area contributed by atoms with Crippen molar-refractivity contribution in [2.24, 2.45) is 0 Å². The molecule has 4 nitrogen and oxygen atoms in total. The van der Waals surface area contributed by atoms with Crippen molar-refractivity contribution < 1.29 is 9.13 Å². The predicted molar refractivity (Wildman–Crippen MR) is 82.7 cm³/mol. The van der Waals surface area contributed by atoms with Crippen LogP contribution in [0.4, 0.5) is 4.39 Å². The highest BCUT2D eigenvalue weighted by molar-refractivity contribution is 5.38. The fourth-order valence-corrected chi connectivity index (χ4v) is 2.90. The Morgan fingerprint density at radius 2 is 2.36 bits per heavy atom. The van der Waals surface area contributed by atoms with Crippen LogP contribution < -0.4 is 4.74 Å². The van der Waals surface area contributed by atoms with E-state index in [1.807, 2.05) is 0 Å². The molecule has 2 heterocycles. The highest BCUT2D eigenvalue weighted by atomic mass is 19.1. The number of halogens is 1. The van der Waals surface area contributed by atoms with Gasteiger partial charge in [0.1, 0.15) is 0 Å². The van der Waals surface area contributed by atoms with E-state index in [0.717, 1.165) is 13.0 Å². The van der Waals surface area contributed by atoms with Crippen LogP contribution in [-0.4, -0.2) is 40.4 Å². The van der Waals surface area contributed by atoms with E-state index in [0.29, 0.717) is 24.1 Å². The standard InChI is InChI=1S/C17H21FN3O/c1-14-5-2-9-20(14)10-4-12-22-17-7-6-15(13-16(17)18)21-11-3-8-19-21/h6-8,11,13-14H,2,4-5,9-10,12H2,1H3/t14-/m1/s1. The number of rotatable bonds is 6. The van der Waals surface area contributed by atoms with Crippen molar-refractivity contribution >= 4 is 0 Å². The summed E-state index contributed by atoms with van der Waals surface area (Å²) in [7, 11) is 0. The first kappa shape index (κ1) is 15.0. The number of likely N-dealkylation sites (tertiary alicyclic amines) is 1. The van der Waals surface area contributed by atoms with E-state index in [9.17, 15) is 4.39 Å². The van der Waals surface area contributed by atoms with Crippen LogP contribution in [0.25, 0.3) is 5.69 Å². The minimum atomic E-state index is -0.359. The van der Waals surface area contributed by atoms with Crippen LogP contribution in [0.5, 0.6) is 5.75 Å². The third-order valence-corrected chi connectivity index (χ3v) is 4.17. The second kappa shape index (κ2) is 6.92. The van der Waals surface area contributed by atoms with Gasteiger partial charge in [-0.25, -0.2) is 9.07 Å². The molecular weight excluding hydrogens is 281 g/mol. The van der Waals surface area contributed by atoms with Crippen molar-refractivity contribution in [3.8, 4) is 11.4 Å². The minimum absolute atomic E-state index is 0.300. The van der Waals surface area contributed by atoms with Gasteiger partial charge >= 0.3 is 0 Å². The third-order valence-electron chi connectivity index (χ3n) is 4.17. The van der Waals surface area contributed by atoms with Gasteiger partial charge in [-0.05, 0) is 44.9 Å². The number of aromatic nitrogens is 2. The normalized spacial score (nSPS) is 18.7. The number of hydrogen-bond donors (Lipinski definition) is 0. The molecule has 22 heavy (non-hydrogen) atoms. The number of hydrogen-bond acceptors (Lipinski definition) is 3. The molecule has 2 aromatic rings. The average Bonchev–Trinajstić information content (AvgIpc) is 3.17. The molecule has 0 spiro atoms. The molecule has 0 N–H and O–H groups in total. The minimum Gasteiger partial charge on any atom is -0.490 e. The van der Waals surface area contributed by atoms with Crippen molar-refractivity contribution in [3.63, 3.8) is 0 Å². The van der Waals surface area contributed by atoms with Crippen LogP contribution in [0.2, 0.25) is 0 Å². The third kappa shape index (κ3) is 3.47. The molecule has 1 aliphatic heterocycles. The summed E-state index contributed by atoms with van der Waals surface area (Å²) in [6.07, 6.45) is 6.68. The van der Waals surface area contributed by atoms with Crippen LogP contribution in [-0.2, 0) is 0 Å². The summed E-state index contributed by atoms with van der Waals surface area (Å²) >= 11 is 0. The molecule has 1 aromatic carbocycles. The van der Waals surface area contributed by atoms with Crippen molar-refractivity contribution in [2.75, 3.05) is 19.7 Å². The Morgan fingerprint density at radius 1 is 1.45 bits per heavy atom. The largest absolute Gasteiger partial charge is 0.490 e. The molecule has 1 fully saturated rings. The van der Waals surface area contributed by atoms with Gasteiger partial charge in [-0.3, -0.25) is 0 Å². The van der Waals surface area contributed by atoms with E-state index >= 15 is 0 Å². The number of ether oxygens (including phenoxy) is 1. The Morgan fingerprint density at radius 3 is 3.05 bits per heavy atom. The SMILES string of the molecule is C[C@@H]1CCCN1CCCOc1ccc(-n2c[c]cn2)cc1F. The Bertz CT molecular complexity index is 600. The first-order valence-corrected chi connectivity index (χ1v) is 7.81. The molecule has 1 radical (unpaired) electrons. The molecule has 0 aliphatic carbocycles. The van der Waals surface area contributed by atoms with E-state index in [4.69, 9.17) is 4.74 Å². The van der Waals surface area contributed by atoms with E-state index in [1.165, 1.54) is 25.5 Å². The Kier molecular flexibility index (Phi) is 4.73. The smallest absolute Gasteiger partial charge is 0.167 e. The number of benzene rings is 1. The monoisotopic (exact) mass is 302 g/mol. The van der Waals surface area contributed by atoms with E-state index in [-0.39, 0.29) is 5.82 Å². The van der Waals surface area contributed by atoms with Crippen LogP contribution in [0, 0.1) is 11.9 Å². The maximum Gasteiger partial charge on any atom is 0.167 e. The van der Waals surface area contributed by atoms with Crippen molar-refractivity contribution in [1.29, 1.82) is 0 Å². The summed E-state index contributed by atoms with van der Waals surface area (Å²) in [6.45, 7) is 4.99. The molecular formula is C17H21FN3O. The molecule has 0 amide bonds. The lowest BCUT2D eigenvalue weighted by Gasteiger charge is -2.20. The summed E-state index contributed by atoms with van der Waals surface area (Å²) in [6, 6.07) is 8.38. The summed E-state index contributed by atoms with van der Waals surface area (Å²) in [5.74, 6) is -0.0584. The van der Waals surface area contributed by atoms with Gasteiger partial charge in [-0.2, -0.15) is 5.10 Å². The first-order valence-electron chi connectivity index (χ1n) is 7.81. The van der Waals surface area contributed by atoms with Gasteiger partial charge in [0.05, 0.1) is 18.5 Å². The van der Waals surface area contributed by atoms with Crippen molar-refractivity contribution in [3.05, 3.63) is 42.5 Å². The second-order valence-corrected chi connectivity index (χ2v) is 5.73. The molecule has 1 aromatic heterocycles. The van der Waals surface area contributed by atoms with Gasteiger partial charge in [-0.1, -0.05) is 0 Å². The molecule has 0 bridgehead atoms. The van der Waals surface area contributed by atoms with Crippen LogP contribution >= 0.6 is 0 Å². The van der Waals surface area contributed by atoms with Crippen molar-refractivity contribution in [1.82, 2.24) is 14.7 Å². The molecule has 1 aliphatic rings. The summed E-state index contributed by atoms with van der Waals surface area (Å²) in [4.78, 5) is 2.47. The highest BCUT2D eigenvalue weighted by Crippen LogP contribution is 2.21. The molecule has 0 saturated carbocycles. The molecule has 3 rings (SSSR count). The lowest BCUT2D eigenvalue weighted by molar-refractivity contribution is 0.226.